The van der Waals surface area contributed by atoms with E-state index in [1.54, 1.807) is 0 Å². The second-order valence-electron chi connectivity index (χ2n) is 4.68. The van der Waals surface area contributed by atoms with Gasteiger partial charge in [-0.1, -0.05) is 12.0 Å². The highest BCUT2D eigenvalue weighted by atomic mass is 19.4. The highest BCUT2D eigenvalue weighted by molar-refractivity contribution is 5.40. The van der Waals surface area contributed by atoms with Crippen molar-refractivity contribution in [1.82, 2.24) is 0 Å². The number of benzene rings is 1. The molecule has 0 unspecified atom stereocenters. The molecule has 22 heavy (non-hydrogen) atoms. The molecule has 0 spiro atoms. The maximum atomic E-state index is 12.5. The van der Waals surface area contributed by atoms with Crippen LogP contribution >= 0.6 is 0 Å². The number of alkyl halides is 3. The number of halogens is 3. The lowest BCUT2D eigenvalue weighted by atomic mass is 10.1. The Kier molecular flexibility index (Phi) is 5.00. The number of nitrogens with zero attached hydrogens (tertiary/aromatic N) is 1. The molecule has 2 aromatic rings. The van der Waals surface area contributed by atoms with E-state index in [4.69, 9.17) is 0 Å². The minimum atomic E-state index is -4.32. The van der Waals surface area contributed by atoms with Gasteiger partial charge in [-0.3, -0.25) is 0 Å². The zero-order chi connectivity index (χ0) is 16.0. The van der Waals surface area contributed by atoms with Crippen molar-refractivity contribution < 1.29 is 17.7 Å². The van der Waals surface area contributed by atoms with Gasteiger partial charge in [-0.15, -0.1) is 6.58 Å². The smallest absolute Gasteiger partial charge is 0.191 e. The monoisotopic (exact) mass is 302 g/mol. The number of aromatic nitrogens is 1. The second kappa shape index (κ2) is 6.95. The highest BCUT2D eigenvalue weighted by Gasteiger charge is 2.29. The molecule has 1 aromatic heterocycles. The molecule has 0 fully saturated rings. The molecule has 0 aliphatic rings. The van der Waals surface area contributed by atoms with Crippen LogP contribution in [-0.2, 0) is 12.7 Å². The predicted octanol–water partition coefficient (Wildman–Crippen LogP) is 3.97. The van der Waals surface area contributed by atoms with E-state index in [2.05, 4.69) is 18.4 Å². The molecule has 2 rings (SSSR count). The maximum absolute atomic E-state index is 12.5. The standard InChI is InChI=1S/C18H15F3N/c1-2-3-13-22-14-5-4-6-17(22)12-9-15-7-10-16(11-8-15)18(19,20)21/h2,4-8,10-11,14H,1,3,13H2/q+1. The molecule has 0 aliphatic carbocycles. The normalized spacial score (nSPS) is 10.7. The van der Waals surface area contributed by atoms with Gasteiger partial charge in [0.15, 0.2) is 12.7 Å². The Morgan fingerprint density at radius 1 is 1.05 bits per heavy atom. The van der Waals surface area contributed by atoms with Crippen molar-refractivity contribution in [3.63, 3.8) is 0 Å². The van der Waals surface area contributed by atoms with E-state index in [0.29, 0.717) is 5.56 Å². The molecular weight excluding hydrogens is 287 g/mol. The van der Waals surface area contributed by atoms with Crippen molar-refractivity contribution in [3.05, 3.63) is 78.1 Å². The number of aryl methyl sites for hydroxylation is 1. The molecule has 0 N–H and O–H groups in total. The van der Waals surface area contributed by atoms with E-state index in [1.165, 1.54) is 12.1 Å². The first-order chi connectivity index (χ1) is 10.5. The first kappa shape index (κ1) is 15.8. The Bertz CT molecular complexity index is 704. The van der Waals surface area contributed by atoms with Crippen LogP contribution in [0.5, 0.6) is 0 Å². The van der Waals surface area contributed by atoms with Gasteiger partial charge in [-0.25, -0.2) is 0 Å². The van der Waals surface area contributed by atoms with E-state index in [1.807, 2.05) is 35.0 Å². The van der Waals surface area contributed by atoms with Crippen molar-refractivity contribution in [2.45, 2.75) is 19.1 Å². The quantitative estimate of drug-likeness (QED) is 0.459. The van der Waals surface area contributed by atoms with Crippen LogP contribution in [0.15, 0.2) is 61.3 Å². The van der Waals surface area contributed by atoms with Crippen LogP contribution in [-0.4, -0.2) is 0 Å². The molecule has 0 atom stereocenters. The van der Waals surface area contributed by atoms with Gasteiger partial charge < -0.3 is 0 Å². The molecule has 0 saturated heterocycles. The van der Waals surface area contributed by atoms with Gasteiger partial charge in [0.2, 0.25) is 0 Å². The van der Waals surface area contributed by atoms with E-state index in [9.17, 15) is 13.2 Å². The molecule has 0 aliphatic heterocycles. The third-order valence-corrected chi connectivity index (χ3v) is 3.06. The lowest BCUT2D eigenvalue weighted by Crippen LogP contribution is -2.36. The van der Waals surface area contributed by atoms with Crippen LogP contribution < -0.4 is 4.57 Å². The number of pyridine rings is 1. The van der Waals surface area contributed by atoms with Gasteiger partial charge in [-0.05, 0) is 30.3 Å². The Morgan fingerprint density at radius 2 is 1.77 bits per heavy atom. The summed E-state index contributed by atoms with van der Waals surface area (Å²) >= 11 is 0. The van der Waals surface area contributed by atoms with Crippen molar-refractivity contribution >= 4 is 0 Å². The van der Waals surface area contributed by atoms with Crippen molar-refractivity contribution in [1.29, 1.82) is 0 Å². The zero-order valence-electron chi connectivity index (χ0n) is 11.9. The predicted molar refractivity (Wildman–Crippen MR) is 78.9 cm³/mol. The lowest BCUT2D eigenvalue weighted by Gasteiger charge is -2.05. The fourth-order valence-electron chi connectivity index (χ4n) is 1.89. The lowest BCUT2D eigenvalue weighted by molar-refractivity contribution is -0.698. The fourth-order valence-corrected chi connectivity index (χ4v) is 1.89. The topological polar surface area (TPSA) is 3.88 Å². The summed E-state index contributed by atoms with van der Waals surface area (Å²) < 4.78 is 39.5. The van der Waals surface area contributed by atoms with Gasteiger partial charge in [-0.2, -0.15) is 17.7 Å². The summed E-state index contributed by atoms with van der Waals surface area (Å²) in [7, 11) is 0. The molecular formula is C18H15F3N+. The number of rotatable bonds is 3. The molecule has 1 nitrogen and oxygen atoms in total. The Morgan fingerprint density at radius 3 is 2.41 bits per heavy atom. The minimum absolute atomic E-state index is 0.548. The first-order valence-corrected chi connectivity index (χ1v) is 6.79. The third-order valence-electron chi connectivity index (χ3n) is 3.06. The number of hydrogen-bond donors (Lipinski definition) is 0. The van der Waals surface area contributed by atoms with Crippen LogP contribution in [0.2, 0.25) is 0 Å². The summed E-state index contributed by atoms with van der Waals surface area (Å²) in [5, 5.41) is 0. The summed E-state index contributed by atoms with van der Waals surface area (Å²) in [6.07, 6.45) is 0.246. The number of hydrogen-bond acceptors (Lipinski definition) is 0. The van der Waals surface area contributed by atoms with Gasteiger partial charge >= 0.3 is 6.18 Å². The van der Waals surface area contributed by atoms with Gasteiger partial charge in [0.05, 0.1) is 5.56 Å². The summed E-state index contributed by atoms with van der Waals surface area (Å²) in [4.78, 5) is 0. The Hall–Kier alpha value is -2.54. The van der Waals surface area contributed by atoms with Crippen LogP contribution in [0.25, 0.3) is 0 Å². The number of allylic oxidation sites excluding steroid dienone is 1. The van der Waals surface area contributed by atoms with Gasteiger partial charge in [0.25, 0.3) is 5.69 Å². The van der Waals surface area contributed by atoms with E-state index >= 15 is 0 Å². The molecule has 4 heteroatoms. The molecule has 0 saturated carbocycles. The molecule has 0 radical (unpaired) electrons. The molecule has 1 heterocycles. The summed E-state index contributed by atoms with van der Waals surface area (Å²) in [6, 6.07) is 10.5. The maximum Gasteiger partial charge on any atom is 0.416 e. The van der Waals surface area contributed by atoms with Crippen molar-refractivity contribution in [2.75, 3.05) is 0 Å². The Balaban J connectivity index is 2.22. The minimum Gasteiger partial charge on any atom is -0.191 e. The molecule has 0 amide bonds. The van der Waals surface area contributed by atoms with Gasteiger partial charge in [0.1, 0.15) is 0 Å². The average molecular weight is 302 g/mol. The molecule has 1 aromatic carbocycles. The largest absolute Gasteiger partial charge is 0.416 e. The second-order valence-corrected chi connectivity index (χ2v) is 4.68. The summed E-state index contributed by atoms with van der Waals surface area (Å²) in [5.41, 5.74) is 0.690. The molecule has 112 valence electrons. The summed E-state index contributed by atoms with van der Waals surface area (Å²) in [6.45, 7) is 4.45. The van der Waals surface area contributed by atoms with Gasteiger partial charge in [0, 0.05) is 30.0 Å². The van der Waals surface area contributed by atoms with E-state index < -0.39 is 11.7 Å². The van der Waals surface area contributed by atoms with E-state index in [0.717, 1.165) is 30.8 Å². The van der Waals surface area contributed by atoms with E-state index in [-0.39, 0.29) is 0 Å². The first-order valence-electron chi connectivity index (χ1n) is 6.79. The average Bonchev–Trinajstić information content (AvgIpc) is 2.51. The highest BCUT2D eigenvalue weighted by Crippen LogP contribution is 2.28. The van der Waals surface area contributed by atoms with Crippen molar-refractivity contribution in [3.8, 4) is 11.8 Å². The van der Waals surface area contributed by atoms with Crippen molar-refractivity contribution in [2.24, 2.45) is 0 Å². The summed E-state index contributed by atoms with van der Waals surface area (Å²) in [5.74, 6) is 5.89. The van der Waals surface area contributed by atoms with Crippen LogP contribution in [0.1, 0.15) is 23.2 Å². The SMILES string of the molecule is C=CCC[n+]1ccccc1C#Cc1ccc(C(F)(F)F)cc1. The van der Waals surface area contributed by atoms with Crippen LogP contribution in [0.4, 0.5) is 13.2 Å². The zero-order valence-corrected chi connectivity index (χ0v) is 11.9. The fraction of sp³-hybridized carbons (Fsp3) is 0.167. The Labute approximate surface area is 127 Å². The van der Waals surface area contributed by atoms with Crippen LogP contribution in [0.3, 0.4) is 0 Å². The third kappa shape index (κ3) is 4.23. The molecule has 0 bridgehead atoms. The van der Waals surface area contributed by atoms with Crippen LogP contribution in [0, 0.1) is 11.8 Å².